The predicted molar refractivity (Wildman–Crippen MR) is 248 cm³/mol. The van der Waals surface area contributed by atoms with Gasteiger partial charge in [-0.05, 0) is 110 Å². The monoisotopic (exact) mass is 755 g/mol. The van der Waals surface area contributed by atoms with Crippen molar-refractivity contribution in [3.8, 4) is 55.6 Å². The van der Waals surface area contributed by atoms with Crippen molar-refractivity contribution in [1.82, 2.24) is 0 Å². The summed E-state index contributed by atoms with van der Waals surface area (Å²) in [4.78, 5) is 2.39. The second kappa shape index (κ2) is 13.9. The molecular weight excluding hydrogens is 715 g/mol. The number of para-hydroxylation sites is 1. The zero-order valence-electron chi connectivity index (χ0n) is 33.1. The van der Waals surface area contributed by atoms with Crippen molar-refractivity contribution in [1.29, 1.82) is 0 Å². The highest BCUT2D eigenvalue weighted by Gasteiger charge is 2.35. The van der Waals surface area contributed by atoms with Crippen molar-refractivity contribution >= 4 is 39.0 Å². The van der Waals surface area contributed by atoms with Crippen LogP contribution in [0, 0.1) is 0 Å². The van der Waals surface area contributed by atoms with Crippen LogP contribution in [0.1, 0.15) is 25.0 Å². The van der Waals surface area contributed by atoms with Crippen LogP contribution in [0.5, 0.6) is 0 Å². The summed E-state index contributed by atoms with van der Waals surface area (Å²) in [5.41, 5.74) is 19.7. The lowest BCUT2D eigenvalue weighted by Crippen LogP contribution is -2.14. The van der Waals surface area contributed by atoms with Crippen molar-refractivity contribution < 1.29 is 4.42 Å². The lowest BCUT2D eigenvalue weighted by atomic mass is 9.82. The summed E-state index contributed by atoms with van der Waals surface area (Å²) in [6.45, 7) is 4.67. The number of benzene rings is 9. The summed E-state index contributed by atoms with van der Waals surface area (Å²) in [7, 11) is 0. The molecule has 0 fully saturated rings. The molecule has 0 aliphatic heterocycles. The fourth-order valence-electron chi connectivity index (χ4n) is 9.28. The molecule has 0 atom stereocenters. The first kappa shape index (κ1) is 34.8. The standard InChI is InChI=1S/C57H41NO/c1-57(2)51-22-11-9-20-48(51)50-37-44(30-34-52(50)57)41-28-31-45(32-29-41)58(46-19-13-18-43(36-46)40-26-24-39(25-27-40)38-14-5-3-6-15-38)53-35-33-47(42-16-7-4-8-17-42)56-55(53)49-21-10-12-23-54(49)59-56/h3-37H,1-2H3. The Bertz CT molecular complexity index is 3160. The Morgan fingerprint density at radius 3 is 1.69 bits per heavy atom. The second-order valence-electron chi connectivity index (χ2n) is 16.1. The predicted octanol–water partition coefficient (Wildman–Crippen LogP) is 16.0. The van der Waals surface area contributed by atoms with Crippen LogP contribution in [0.4, 0.5) is 17.1 Å². The largest absolute Gasteiger partial charge is 0.455 e. The third kappa shape index (κ3) is 5.87. The van der Waals surface area contributed by atoms with Gasteiger partial charge in [-0.1, -0.05) is 178 Å². The van der Waals surface area contributed by atoms with E-state index < -0.39 is 0 Å². The van der Waals surface area contributed by atoms with Crippen molar-refractivity contribution in [3.63, 3.8) is 0 Å². The molecule has 0 saturated heterocycles. The zero-order valence-corrected chi connectivity index (χ0v) is 33.1. The normalized spacial score (nSPS) is 12.7. The Balaban J connectivity index is 1.06. The SMILES string of the molecule is CC1(C)c2ccccc2-c2cc(-c3ccc(N(c4cccc(-c5ccc(-c6ccccc6)cc5)c4)c4ccc(-c5ccccc5)c5oc6ccccc6c45)cc3)ccc21. The molecule has 1 heterocycles. The first-order chi connectivity index (χ1) is 29.0. The molecular formula is C57H41NO. The highest BCUT2D eigenvalue weighted by Crippen LogP contribution is 2.50. The average molecular weight is 756 g/mol. The van der Waals surface area contributed by atoms with Gasteiger partial charge in [0.1, 0.15) is 11.2 Å². The number of rotatable bonds is 7. The van der Waals surface area contributed by atoms with Crippen LogP contribution in [-0.4, -0.2) is 0 Å². The fourth-order valence-corrected chi connectivity index (χ4v) is 9.28. The number of hydrogen-bond acceptors (Lipinski definition) is 2. The van der Waals surface area contributed by atoms with E-state index in [2.05, 4.69) is 225 Å². The molecule has 2 heteroatoms. The van der Waals surface area contributed by atoms with Crippen molar-refractivity contribution in [3.05, 3.63) is 223 Å². The maximum absolute atomic E-state index is 6.77. The summed E-state index contributed by atoms with van der Waals surface area (Å²) in [6.07, 6.45) is 0. The molecule has 1 aliphatic carbocycles. The summed E-state index contributed by atoms with van der Waals surface area (Å²) in [5, 5.41) is 2.18. The number of anilines is 3. The van der Waals surface area contributed by atoms with Crippen LogP contribution in [0.2, 0.25) is 0 Å². The first-order valence-corrected chi connectivity index (χ1v) is 20.4. The van der Waals surface area contributed by atoms with Gasteiger partial charge in [-0.25, -0.2) is 0 Å². The van der Waals surface area contributed by atoms with Crippen LogP contribution >= 0.6 is 0 Å². The van der Waals surface area contributed by atoms with E-state index in [9.17, 15) is 0 Å². The van der Waals surface area contributed by atoms with Crippen LogP contribution in [0.25, 0.3) is 77.6 Å². The van der Waals surface area contributed by atoms with E-state index in [-0.39, 0.29) is 5.41 Å². The molecule has 0 bridgehead atoms. The molecule has 0 radical (unpaired) electrons. The third-order valence-corrected chi connectivity index (χ3v) is 12.3. The molecule has 1 aliphatic rings. The Morgan fingerprint density at radius 1 is 0.373 bits per heavy atom. The van der Waals surface area contributed by atoms with Gasteiger partial charge >= 0.3 is 0 Å². The molecule has 0 unspecified atom stereocenters. The minimum Gasteiger partial charge on any atom is -0.455 e. The van der Waals surface area contributed by atoms with Gasteiger partial charge in [0.15, 0.2) is 0 Å². The van der Waals surface area contributed by atoms with Crippen molar-refractivity contribution in [2.75, 3.05) is 4.90 Å². The Kier molecular flexibility index (Phi) is 8.20. The van der Waals surface area contributed by atoms with E-state index >= 15 is 0 Å². The topological polar surface area (TPSA) is 16.4 Å². The van der Waals surface area contributed by atoms with Gasteiger partial charge in [-0.15, -0.1) is 0 Å². The van der Waals surface area contributed by atoms with E-state index in [0.717, 1.165) is 55.7 Å². The van der Waals surface area contributed by atoms with Crippen LogP contribution < -0.4 is 4.90 Å². The summed E-state index contributed by atoms with van der Waals surface area (Å²) < 4.78 is 6.77. The van der Waals surface area contributed by atoms with Crippen LogP contribution in [0.15, 0.2) is 217 Å². The molecule has 2 nitrogen and oxygen atoms in total. The third-order valence-electron chi connectivity index (χ3n) is 12.3. The maximum atomic E-state index is 6.77. The summed E-state index contributed by atoms with van der Waals surface area (Å²) in [5.74, 6) is 0. The van der Waals surface area contributed by atoms with E-state index in [0.29, 0.717) is 0 Å². The van der Waals surface area contributed by atoms with Crippen LogP contribution in [0.3, 0.4) is 0 Å². The van der Waals surface area contributed by atoms with Gasteiger partial charge in [0.25, 0.3) is 0 Å². The van der Waals surface area contributed by atoms with E-state index in [1.165, 1.54) is 50.1 Å². The quantitative estimate of drug-likeness (QED) is 0.161. The number of fused-ring (bicyclic) bond motifs is 6. The summed E-state index contributed by atoms with van der Waals surface area (Å²) >= 11 is 0. The van der Waals surface area contributed by atoms with Gasteiger partial charge in [0, 0.05) is 27.7 Å². The van der Waals surface area contributed by atoms with Crippen LogP contribution in [-0.2, 0) is 5.41 Å². The van der Waals surface area contributed by atoms with E-state index in [4.69, 9.17) is 4.42 Å². The molecule has 1 aromatic heterocycles. The maximum Gasteiger partial charge on any atom is 0.145 e. The van der Waals surface area contributed by atoms with E-state index in [1.807, 2.05) is 6.07 Å². The first-order valence-electron chi connectivity index (χ1n) is 20.4. The Morgan fingerprint density at radius 2 is 0.932 bits per heavy atom. The number of hydrogen-bond donors (Lipinski definition) is 0. The molecule has 0 saturated carbocycles. The summed E-state index contributed by atoms with van der Waals surface area (Å²) in [6, 6.07) is 76.7. The molecule has 59 heavy (non-hydrogen) atoms. The van der Waals surface area contributed by atoms with Crippen molar-refractivity contribution in [2.45, 2.75) is 19.3 Å². The average Bonchev–Trinajstić information content (AvgIpc) is 3.80. The smallest absolute Gasteiger partial charge is 0.145 e. The van der Waals surface area contributed by atoms with Gasteiger partial charge in [-0.2, -0.15) is 0 Å². The molecule has 10 aromatic rings. The van der Waals surface area contributed by atoms with E-state index in [1.54, 1.807) is 0 Å². The molecule has 11 rings (SSSR count). The zero-order chi connectivity index (χ0) is 39.5. The van der Waals surface area contributed by atoms with Gasteiger partial charge in [-0.3, -0.25) is 0 Å². The molecule has 9 aromatic carbocycles. The lowest BCUT2D eigenvalue weighted by molar-refractivity contribution is 0.660. The van der Waals surface area contributed by atoms with Gasteiger partial charge in [0.2, 0.25) is 0 Å². The molecule has 0 amide bonds. The Hall–Kier alpha value is -7.42. The minimum atomic E-state index is -0.0219. The fraction of sp³-hybridized carbons (Fsp3) is 0.0526. The number of furan rings is 1. The second-order valence-corrected chi connectivity index (χ2v) is 16.1. The highest BCUT2D eigenvalue weighted by molar-refractivity contribution is 6.17. The lowest BCUT2D eigenvalue weighted by Gasteiger charge is -2.27. The number of nitrogens with zero attached hydrogens (tertiary/aromatic N) is 1. The Labute approximate surface area is 345 Å². The van der Waals surface area contributed by atoms with Gasteiger partial charge < -0.3 is 9.32 Å². The molecule has 280 valence electrons. The van der Waals surface area contributed by atoms with Gasteiger partial charge in [0.05, 0.1) is 11.1 Å². The highest BCUT2D eigenvalue weighted by atomic mass is 16.3. The van der Waals surface area contributed by atoms with Crippen molar-refractivity contribution in [2.24, 2.45) is 0 Å². The molecule has 0 N–H and O–H groups in total. The minimum absolute atomic E-state index is 0.0219. The molecule has 0 spiro atoms.